The number of hydrogen-bond donors (Lipinski definition) is 1. The number of nitrogens with zero attached hydrogens (tertiary/aromatic N) is 1. The maximum absolute atomic E-state index is 10.7. The van der Waals surface area contributed by atoms with Crippen molar-refractivity contribution in [3.8, 4) is 17.2 Å². The van der Waals surface area contributed by atoms with Crippen LogP contribution in [0.3, 0.4) is 0 Å². The van der Waals surface area contributed by atoms with Crippen LogP contribution in [0.4, 0.5) is 11.4 Å². The molecule has 1 N–H and O–H groups in total. The van der Waals surface area contributed by atoms with E-state index in [-0.39, 0.29) is 5.69 Å². The summed E-state index contributed by atoms with van der Waals surface area (Å²) >= 11 is 0. The Morgan fingerprint density at radius 3 is 2.12 bits per heavy atom. The van der Waals surface area contributed by atoms with E-state index < -0.39 is 4.92 Å². The highest BCUT2D eigenvalue weighted by Gasteiger charge is 2.05. The molecule has 0 heterocycles. The molecule has 0 bridgehead atoms. The summed E-state index contributed by atoms with van der Waals surface area (Å²) in [5.74, 6) is 2.33. The predicted molar refractivity (Wildman–Crippen MR) is 124 cm³/mol. The normalized spacial score (nSPS) is 10.4. The van der Waals surface area contributed by atoms with Crippen LogP contribution in [0.15, 0.2) is 103 Å². The number of non-ortho nitro benzene ring substituents is 1. The summed E-state index contributed by atoms with van der Waals surface area (Å²) in [6, 6.07) is 31.7. The highest BCUT2D eigenvalue weighted by molar-refractivity contribution is 5.48. The van der Waals surface area contributed by atoms with E-state index in [0.717, 1.165) is 34.1 Å². The number of hydrogen-bond acceptors (Lipinski definition) is 5. The van der Waals surface area contributed by atoms with E-state index in [1.165, 1.54) is 12.1 Å². The summed E-state index contributed by atoms with van der Waals surface area (Å²) in [6.07, 6.45) is 0. The third-order valence-electron chi connectivity index (χ3n) is 4.78. The van der Waals surface area contributed by atoms with Crippen molar-refractivity contribution in [2.24, 2.45) is 0 Å². The topological polar surface area (TPSA) is 73.6 Å². The molecule has 4 rings (SSSR count). The fraction of sp³-hybridized carbons (Fsp3) is 0.0769. The van der Waals surface area contributed by atoms with Crippen LogP contribution in [0.2, 0.25) is 0 Å². The Labute approximate surface area is 186 Å². The summed E-state index contributed by atoms with van der Waals surface area (Å²) in [5, 5.41) is 14.1. The number of benzene rings is 4. The van der Waals surface area contributed by atoms with Gasteiger partial charge in [0.2, 0.25) is 0 Å². The summed E-state index contributed by atoms with van der Waals surface area (Å²) in [4.78, 5) is 10.3. The van der Waals surface area contributed by atoms with Crippen molar-refractivity contribution in [2.75, 3.05) is 5.32 Å². The van der Waals surface area contributed by atoms with E-state index in [1.54, 1.807) is 12.1 Å². The number of nitro benzene ring substituents is 1. The van der Waals surface area contributed by atoms with Crippen molar-refractivity contribution in [1.29, 1.82) is 0 Å². The number of rotatable bonds is 9. The first kappa shape index (κ1) is 20.9. The molecule has 160 valence electrons. The molecule has 0 atom stereocenters. The van der Waals surface area contributed by atoms with Gasteiger partial charge in [0, 0.05) is 24.4 Å². The zero-order chi connectivity index (χ0) is 22.2. The quantitative estimate of drug-likeness (QED) is 0.242. The van der Waals surface area contributed by atoms with E-state index in [4.69, 9.17) is 9.47 Å². The number of anilines is 1. The highest BCUT2D eigenvalue weighted by atomic mass is 16.6. The number of nitrogens with one attached hydrogen (secondary N) is 1. The Balaban J connectivity index is 1.29. The third-order valence-corrected chi connectivity index (χ3v) is 4.78. The van der Waals surface area contributed by atoms with E-state index in [2.05, 4.69) is 5.32 Å². The lowest BCUT2D eigenvalue weighted by molar-refractivity contribution is -0.384. The maximum atomic E-state index is 10.7. The first-order valence-electron chi connectivity index (χ1n) is 10.2. The molecule has 0 saturated carbocycles. The smallest absolute Gasteiger partial charge is 0.269 e. The lowest BCUT2D eigenvalue weighted by atomic mass is 10.2. The van der Waals surface area contributed by atoms with Gasteiger partial charge >= 0.3 is 0 Å². The summed E-state index contributed by atoms with van der Waals surface area (Å²) in [5.41, 5.74) is 3.01. The van der Waals surface area contributed by atoms with Crippen molar-refractivity contribution in [3.63, 3.8) is 0 Å². The number of ether oxygens (including phenoxy) is 2. The van der Waals surface area contributed by atoms with Crippen LogP contribution in [0, 0.1) is 10.1 Å². The molecule has 0 aliphatic carbocycles. The van der Waals surface area contributed by atoms with E-state index >= 15 is 0 Å². The van der Waals surface area contributed by atoms with E-state index in [1.807, 2.05) is 78.9 Å². The summed E-state index contributed by atoms with van der Waals surface area (Å²) in [7, 11) is 0. The molecule has 0 amide bonds. The molecular weight excluding hydrogens is 404 g/mol. The zero-order valence-corrected chi connectivity index (χ0v) is 17.3. The summed E-state index contributed by atoms with van der Waals surface area (Å²) in [6.45, 7) is 0.991. The minimum atomic E-state index is -0.412. The molecule has 6 heteroatoms. The van der Waals surface area contributed by atoms with Crippen molar-refractivity contribution < 1.29 is 14.4 Å². The molecule has 0 aliphatic heterocycles. The standard InChI is InChI=1S/C26H22N2O4/c29-28(30)23-13-9-20(10-14-23)19-31-26-8-4-5-21(17-26)18-27-22-11-15-25(16-12-22)32-24-6-2-1-3-7-24/h1-17,27H,18-19H2. The molecule has 0 fully saturated rings. The number of para-hydroxylation sites is 1. The second-order valence-electron chi connectivity index (χ2n) is 7.15. The van der Waals surface area contributed by atoms with Gasteiger partial charge in [-0.25, -0.2) is 0 Å². The van der Waals surface area contributed by atoms with E-state index in [0.29, 0.717) is 13.2 Å². The molecule has 4 aromatic rings. The SMILES string of the molecule is O=[N+]([O-])c1ccc(COc2cccc(CNc3ccc(Oc4ccccc4)cc3)c2)cc1. The minimum Gasteiger partial charge on any atom is -0.489 e. The Morgan fingerprint density at radius 1 is 0.719 bits per heavy atom. The van der Waals surface area contributed by atoms with Crippen LogP contribution in [0.5, 0.6) is 17.2 Å². The third kappa shape index (κ3) is 5.86. The average molecular weight is 426 g/mol. The lowest BCUT2D eigenvalue weighted by Crippen LogP contribution is -2.00. The largest absolute Gasteiger partial charge is 0.489 e. The Bertz CT molecular complexity index is 1160. The van der Waals surface area contributed by atoms with Crippen molar-refractivity contribution in [2.45, 2.75) is 13.2 Å². The molecule has 0 aliphatic rings. The van der Waals surface area contributed by atoms with Crippen LogP contribution >= 0.6 is 0 Å². The van der Waals surface area contributed by atoms with Crippen molar-refractivity contribution >= 4 is 11.4 Å². The van der Waals surface area contributed by atoms with Gasteiger partial charge < -0.3 is 14.8 Å². The molecule has 6 nitrogen and oxygen atoms in total. The van der Waals surface area contributed by atoms with Crippen LogP contribution in [0.1, 0.15) is 11.1 Å². The zero-order valence-electron chi connectivity index (χ0n) is 17.3. The summed E-state index contributed by atoms with van der Waals surface area (Å²) < 4.78 is 11.7. The van der Waals surface area contributed by atoms with Gasteiger partial charge in [-0.2, -0.15) is 0 Å². The van der Waals surface area contributed by atoms with E-state index in [9.17, 15) is 10.1 Å². The van der Waals surface area contributed by atoms with Crippen LogP contribution in [0.25, 0.3) is 0 Å². The van der Waals surface area contributed by atoms with Gasteiger partial charge in [0.15, 0.2) is 0 Å². The van der Waals surface area contributed by atoms with Crippen LogP contribution in [-0.4, -0.2) is 4.92 Å². The first-order valence-corrected chi connectivity index (χ1v) is 10.2. The molecular formula is C26H22N2O4. The fourth-order valence-corrected chi connectivity index (χ4v) is 3.10. The monoisotopic (exact) mass is 426 g/mol. The number of nitro groups is 1. The van der Waals surface area contributed by atoms with Crippen molar-refractivity contribution in [1.82, 2.24) is 0 Å². The molecule has 0 unspecified atom stereocenters. The van der Waals surface area contributed by atoms with Gasteiger partial charge in [-0.3, -0.25) is 10.1 Å². The highest BCUT2D eigenvalue weighted by Crippen LogP contribution is 2.23. The molecule has 32 heavy (non-hydrogen) atoms. The first-order chi connectivity index (χ1) is 15.7. The molecule has 0 saturated heterocycles. The van der Waals surface area contributed by atoms with Crippen molar-refractivity contribution in [3.05, 3.63) is 124 Å². The Morgan fingerprint density at radius 2 is 1.41 bits per heavy atom. The molecule has 0 spiro atoms. The van der Waals surface area contributed by atoms with Gasteiger partial charge in [0.25, 0.3) is 5.69 Å². The fourth-order valence-electron chi connectivity index (χ4n) is 3.10. The molecule has 0 radical (unpaired) electrons. The molecule has 0 aromatic heterocycles. The van der Waals surface area contributed by atoms with Crippen LogP contribution in [-0.2, 0) is 13.2 Å². The Kier molecular flexibility index (Phi) is 6.63. The van der Waals surface area contributed by atoms with Gasteiger partial charge in [-0.1, -0.05) is 30.3 Å². The van der Waals surface area contributed by atoms with Gasteiger partial charge in [0.05, 0.1) is 4.92 Å². The second-order valence-corrected chi connectivity index (χ2v) is 7.15. The maximum Gasteiger partial charge on any atom is 0.269 e. The average Bonchev–Trinajstić information content (AvgIpc) is 2.83. The Hall–Kier alpha value is -4.32. The van der Waals surface area contributed by atoms with Crippen LogP contribution < -0.4 is 14.8 Å². The lowest BCUT2D eigenvalue weighted by Gasteiger charge is -2.11. The predicted octanol–water partition coefficient (Wildman–Crippen LogP) is 6.58. The van der Waals surface area contributed by atoms with Gasteiger partial charge in [-0.15, -0.1) is 0 Å². The minimum absolute atomic E-state index is 0.0708. The second kappa shape index (κ2) is 10.1. The van der Waals surface area contributed by atoms with Gasteiger partial charge in [0.1, 0.15) is 23.9 Å². The van der Waals surface area contributed by atoms with Gasteiger partial charge in [-0.05, 0) is 71.8 Å². The molecule has 4 aromatic carbocycles.